The average molecular weight is 568 g/mol. The van der Waals surface area contributed by atoms with E-state index in [-0.39, 0.29) is 11.8 Å². The number of hydrogen-bond donors (Lipinski definition) is 2. The molecule has 0 heterocycles. The second-order valence-electron chi connectivity index (χ2n) is 9.24. The summed E-state index contributed by atoms with van der Waals surface area (Å²) < 4.78 is 4.45. The van der Waals surface area contributed by atoms with E-state index in [1.165, 1.54) is 7.11 Å². The molecule has 0 aliphatic heterocycles. The van der Waals surface area contributed by atoms with Gasteiger partial charge in [0.25, 0.3) is 0 Å². The fourth-order valence-corrected chi connectivity index (χ4v) is 3.51. The quantitative estimate of drug-likeness (QED) is 0.0633. The van der Waals surface area contributed by atoms with Crippen molar-refractivity contribution in [3.05, 3.63) is 85.1 Å². The number of ether oxygens (including phenoxy) is 1. The summed E-state index contributed by atoms with van der Waals surface area (Å²) in [7, 11) is 1.26. The van der Waals surface area contributed by atoms with E-state index in [4.69, 9.17) is 0 Å². The lowest BCUT2D eigenvalue weighted by atomic mass is 10.2. The lowest BCUT2D eigenvalue weighted by Crippen LogP contribution is -2.36. The molecule has 7 nitrogen and oxygen atoms in total. The summed E-state index contributed by atoms with van der Waals surface area (Å²) in [5.74, 6) is -0.822. The van der Waals surface area contributed by atoms with Crippen LogP contribution in [0.2, 0.25) is 0 Å². The second-order valence-corrected chi connectivity index (χ2v) is 9.24. The summed E-state index contributed by atoms with van der Waals surface area (Å²) in [6.07, 6.45) is 36.3. The molecule has 0 unspecified atom stereocenters. The molecule has 0 rings (SSSR count). The topological polar surface area (TPSA) is 87.7 Å². The van der Waals surface area contributed by atoms with Gasteiger partial charge in [0.15, 0.2) is 0 Å². The zero-order valence-electron chi connectivity index (χ0n) is 25.6. The minimum Gasteiger partial charge on any atom is -0.466 e. The standard InChI is InChI=1S/C34H53N3O4/c1-4-6-7-8-9-10-11-12-13-14-15-16-17-18-19-20-21-22-23-25-32(38)35-28-24-30-37(5-2)31-29-36-33(39)26-27-34(40)41-3/h6-7,9-10,12-13,15-16,18-19,21-22,26-27H,4-5,8,11,14,17,20,23-25,28-31H2,1-3H3,(H,35,38)(H,36,39). The molecule has 2 N–H and O–H groups in total. The number of hydrogen-bond acceptors (Lipinski definition) is 5. The number of nitrogens with zero attached hydrogens (tertiary/aromatic N) is 1. The van der Waals surface area contributed by atoms with Crippen molar-refractivity contribution >= 4 is 17.8 Å². The number of likely N-dealkylation sites (N-methyl/N-ethyl adjacent to an activating group) is 1. The number of methoxy groups -OCH3 is 1. The van der Waals surface area contributed by atoms with Crippen LogP contribution in [-0.4, -0.2) is 62.5 Å². The number of amides is 2. The van der Waals surface area contributed by atoms with Crippen molar-refractivity contribution in [1.82, 2.24) is 15.5 Å². The van der Waals surface area contributed by atoms with Gasteiger partial charge in [-0.1, -0.05) is 86.8 Å². The smallest absolute Gasteiger partial charge is 0.330 e. The van der Waals surface area contributed by atoms with E-state index in [0.29, 0.717) is 26.1 Å². The summed E-state index contributed by atoms with van der Waals surface area (Å²) in [4.78, 5) is 36.9. The van der Waals surface area contributed by atoms with Crippen molar-refractivity contribution in [2.75, 3.05) is 39.8 Å². The number of carbonyl (C=O) groups excluding carboxylic acids is 3. The Morgan fingerprint density at radius 1 is 0.659 bits per heavy atom. The SMILES string of the molecule is CCC=CCC=CCC=CCC=CCC=CCC=CCCC(=O)NCCCN(CC)CCNC(=O)C=CC(=O)OC. The van der Waals surface area contributed by atoms with Gasteiger partial charge in [0.05, 0.1) is 7.11 Å². The molecule has 0 saturated heterocycles. The van der Waals surface area contributed by atoms with Crippen molar-refractivity contribution in [3.63, 3.8) is 0 Å². The number of rotatable bonds is 24. The molecule has 0 bridgehead atoms. The van der Waals surface area contributed by atoms with Crippen molar-refractivity contribution in [2.24, 2.45) is 0 Å². The third-order valence-corrected chi connectivity index (χ3v) is 5.85. The maximum absolute atomic E-state index is 12.0. The number of esters is 1. The second kappa shape index (κ2) is 29.5. The first-order chi connectivity index (χ1) is 20.0. The minimum absolute atomic E-state index is 0.0669. The Labute approximate surface area is 248 Å². The fourth-order valence-electron chi connectivity index (χ4n) is 3.51. The molecule has 0 aromatic rings. The summed E-state index contributed by atoms with van der Waals surface area (Å²) >= 11 is 0. The molecule has 0 fully saturated rings. The van der Waals surface area contributed by atoms with Gasteiger partial charge in [0.2, 0.25) is 11.8 Å². The van der Waals surface area contributed by atoms with Gasteiger partial charge >= 0.3 is 5.97 Å². The van der Waals surface area contributed by atoms with Crippen molar-refractivity contribution in [1.29, 1.82) is 0 Å². The highest BCUT2D eigenvalue weighted by atomic mass is 16.5. The van der Waals surface area contributed by atoms with Crippen molar-refractivity contribution < 1.29 is 19.1 Å². The zero-order chi connectivity index (χ0) is 30.2. The molecule has 0 aromatic heterocycles. The minimum atomic E-state index is -0.560. The van der Waals surface area contributed by atoms with Gasteiger partial charge in [-0.05, 0) is 64.5 Å². The third kappa shape index (κ3) is 27.9. The van der Waals surface area contributed by atoms with E-state index in [2.05, 4.69) is 107 Å². The normalized spacial score (nSPS) is 12.5. The van der Waals surface area contributed by atoms with Gasteiger partial charge in [0, 0.05) is 38.2 Å². The lowest BCUT2D eigenvalue weighted by Gasteiger charge is -2.20. The predicted octanol–water partition coefficient (Wildman–Crippen LogP) is 6.14. The molecular weight excluding hydrogens is 514 g/mol. The molecule has 0 aliphatic rings. The maximum atomic E-state index is 12.0. The Balaban J connectivity index is 3.76. The van der Waals surface area contributed by atoms with E-state index in [1.807, 2.05) is 0 Å². The van der Waals surface area contributed by atoms with Crippen LogP contribution < -0.4 is 10.6 Å². The first kappa shape index (κ1) is 37.6. The van der Waals surface area contributed by atoms with E-state index >= 15 is 0 Å². The Morgan fingerprint density at radius 2 is 1.20 bits per heavy atom. The first-order valence-corrected chi connectivity index (χ1v) is 15.0. The number of allylic oxidation sites excluding steroid dienone is 12. The van der Waals surface area contributed by atoms with E-state index in [1.54, 1.807) is 0 Å². The van der Waals surface area contributed by atoms with Gasteiger partial charge < -0.3 is 20.3 Å². The van der Waals surface area contributed by atoms with E-state index in [9.17, 15) is 14.4 Å². The van der Waals surface area contributed by atoms with Crippen LogP contribution >= 0.6 is 0 Å². The van der Waals surface area contributed by atoms with Gasteiger partial charge in [-0.2, -0.15) is 0 Å². The van der Waals surface area contributed by atoms with Crippen LogP contribution in [0.1, 0.15) is 71.6 Å². The Hall–Kier alpha value is -3.45. The highest BCUT2D eigenvalue weighted by Gasteiger charge is 2.04. The Morgan fingerprint density at radius 3 is 1.71 bits per heavy atom. The van der Waals surface area contributed by atoms with Gasteiger partial charge in [-0.25, -0.2) is 4.79 Å². The van der Waals surface area contributed by atoms with Crippen LogP contribution in [0, 0.1) is 0 Å². The van der Waals surface area contributed by atoms with Crippen LogP contribution in [0.4, 0.5) is 0 Å². The fraction of sp³-hybridized carbons (Fsp3) is 0.500. The monoisotopic (exact) mass is 567 g/mol. The van der Waals surface area contributed by atoms with Crippen LogP contribution in [0.5, 0.6) is 0 Å². The molecular formula is C34H53N3O4. The largest absolute Gasteiger partial charge is 0.466 e. The average Bonchev–Trinajstić information content (AvgIpc) is 2.98. The molecule has 0 aliphatic carbocycles. The van der Waals surface area contributed by atoms with Crippen molar-refractivity contribution in [3.8, 4) is 0 Å². The van der Waals surface area contributed by atoms with Crippen molar-refractivity contribution in [2.45, 2.75) is 71.6 Å². The highest BCUT2D eigenvalue weighted by Crippen LogP contribution is 1.98. The Kier molecular flexibility index (Phi) is 27.0. The summed E-state index contributed by atoms with van der Waals surface area (Å²) in [5.41, 5.74) is 0. The highest BCUT2D eigenvalue weighted by molar-refractivity contribution is 5.94. The molecule has 0 radical (unpaired) electrons. The summed E-state index contributed by atoms with van der Waals surface area (Å²) in [6.45, 7) is 7.70. The van der Waals surface area contributed by atoms with Crippen LogP contribution in [0.3, 0.4) is 0 Å². The third-order valence-electron chi connectivity index (χ3n) is 5.85. The summed E-state index contributed by atoms with van der Waals surface area (Å²) in [5, 5.41) is 5.71. The van der Waals surface area contributed by atoms with Crippen LogP contribution in [-0.2, 0) is 19.1 Å². The van der Waals surface area contributed by atoms with Crippen LogP contribution in [0.25, 0.3) is 0 Å². The number of nitrogens with one attached hydrogen (secondary N) is 2. The molecule has 0 aromatic carbocycles. The first-order valence-electron chi connectivity index (χ1n) is 15.0. The van der Waals surface area contributed by atoms with Gasteiger partial charge in [-0.15, -0.1) is 0 Å². The molecule has 41 heavy (non-hydrogen) atoms. The lowest BCUT2D eigenvalue weighted by molar-refractivity contribution is -0.135. The van der Waals surface area contributed by atoms with E-state index in [0.717, 1.165) is 76.6 Å². The molecule has 0 spiro atoms. The molecule has 2 amide bonds. The predicted molar refractivity (Wildman–Crippen MR) is 171 cm³/mol. The zero-order valence-corrected chi connectivity index (χ0v) is 25.6. The van der Waals surface area contributed by atoms with E-state index < -0.39 is 5.97 Å². The molecule has 7 heteroatoms. The molecule has 0 saturated carbocycles. The van der Waals surface area contributed by atoms with Gasteiger partial charge in [-0.3, -0.25) is 9.59 Å². The summed E-state index contributed by atoms with van der Waals surface area (Å²) in [6, 6.07) is 0. The maximum Gasteiger partial charge on any atom is 0.330 e. The molecule has 228 valence electrons. The van der Waals surface area contributed by atoms with Gasteiger partial charge in [0.1, 0.15) is 0 Å². The number of carbonyl (C=O) groups is 3. The molecule has 0 atom stereocenters. The Bertz CT molecular complexity index is 898. The van der Waals surface area contributed by atoms with Crippen LogP contribution in [0.15, 0.2) is 85.1 Å².